The molecule has 1 rings (SSSR count). The quantitative estimate of drug-likeness (QED) is 0.285. The summed E-state index contributed by atoms with van der Waals surface area (Å²) < 4.78 is 60.0. The van der Waals surface area contributed by atoms with E-state index in [9.17, 15) is 22.0 Å². The van der Waals surface area contributed by atoms with Crippen molar-refractivity contribution in [2.24, 2.45) is 0 Å². The Balaban J connectivity index is 0.000000500. The van der Waals surface area contributed by atoms with E-state index in [0.29, 0.717) is 0 Å². The van der Waals surface area contributed by atoms with Crippen molar-refractivity contribution in [2.75, 3.05) is 5.34 Å². The average Bonchev–Trinajstić information content (AvgIpc) is 2.13. The van der Waals surface area contributed by atoms with Crippen LogP contribution in [0.1, 0.15) is 0 Å². The van der Waals surface area contributed by atoms with Crippen LogP contribution in [0.4, 0.5) is 22.0 Å². The molecule has 0 heterocycles. The zero-order valence-corrected chi connectivity index (χ0v) is 7.94. The van der Waals surface area contributed by atoms with Crippen molar-refractivity contribution in [3.8, 4) is 0 Å². The zero-order valence-electron chi connectivity index (χ0n) is 6.43. The fraction of sp³-hybridized carbons (Fsp3) is 0.143. The van der Waals surface area contributed by atoms with Gasteiger partial charge in [-0.2, -0.15) is 0 Å². The summed E-state index contributed by atoms with van der Waals surface area (Å²) in [7, 11) is 0. The van der Waals surface area contributed by atoms with Gasteiger partial charge in [0, 0.05) is 6.07 Å². The lowest BCUT2D eigenvalue weighted by Gasteiger charge is -1.96. The summed E-state index contributed by atoms with van der Waals surface area (Å²) >= 11 is 9.53. The molecule has 0 atom stereocenters. The largest absolute Gasteiger partial charge is 0.204 e. The van der Waals surface area contributed by atoms with Crippen LogP contribution in [-0.2, 0) is 0 Å². The predicted octanol–water partition coefficient (Wildman–Crippen LogP) is 3.80. The lowest BCUT2D eigenvalue weighted by Crippen LogP contribution is -1.98. The fourth-order valence-electron chi connectivity index (χ4n) is 0.544. The van der Waals surface area contributed by atoms with Crippen LogP contribution in [0.2, 0.25) is 0 Å². The van der Waals surface area contributed by atoms with Gasteiger partial charge in [0.1, 0.15) is 0 Å². The van der Waals surface area contributed by atoms with Crippen LogP contribution in [0, 0.1) is 29.1 Å². The van der Waals surface area contributed by atoms with Gasteiger partial charge in [-0.3, -0.25) is 0 Å². The van der Waals surface area contributed by atoms with Gasteiger partial charge in [-0.25, -0.2) is 22.0 Å². The Morgan fingerprint density at radius 3 is 1.36 bits per heavy atom. The maximum Gasteiger partial charge on any atom is 0.200 e. The summed E-state index contributed by atoms with van der Waals surface area (Å²) in [5.41, 5.74) is 0. The van der Waals surface area contributed by atoms with E-state index in [0.717, 1.165) is 0 Å². The zero-order chi connectivity index (χ0) is 11.3. The molecule has 1 aromatic rings. The monoisotopic (exact) mass is 252 g/mol. The van der Waals surface area contributed by atoms with Gasteiger partial charge in [-0.15, -0.1) is 23.2 Å². The van der Waals surface area contributed by atoms with E-state index in [4.69, 9.17) is 23.2 Å². The highest BCUT2D eigenvalue weighted by atomic mass is 35.5. The molecule has 1 aromatic carbocycles. The minimum atomic E-state index is -2.14. The number of alkyl halides is 2. The maximum atomic E-state index is 12.0. The maximum absolute atomic E-state index is 12.0. The highest BCUT2D eigenvalue weighted by molar-refractivity contribution is 6.40. The molecule has 0 saturated carbocycles. The summed E-state index contributed by atoms with van der Waals surface area (Å²) in [6, 6.07) is -0.0618. The van der Waals surface area contributed by atoms with Gasteiger partial charge >= 0.3 is 0 Å². The first-order valence-corrected chi connectivity index (χ1v) is 4.13. The molecule has 0 aliphatic heterocycles. The first kappa shape index (κ1) is 13.4. The molecule has 0 aromatic heterocycles. The van der Waals surface area contributed by atoms with E-state index in [1.165, 1.54) is 0 Å². The SMILES string of the molecule is ClCCl.Fc1cc(F)c(F)c(F)c1F. The van der Waals surface area contributed by atoms with Crippen LogP contribution in [0.25, 0.3) is 0 Å². The normalized spacial score (nSPS) is 9.36. The van der Waals surface area contributed by atoms with Crippen LogP contribution in [0.15, 0.2) is 6.07 Å². The van der Waals surface area contributed by atoms with E-state index in [-0.39, 0.29) is 11.4 Å². The number of benzene rings is 1. The van der Waals surface area contributed by atoms with Gasteiger partial charge < -0.3 is 0 Å². The Morgan fingerprint density at radius 2 is 1.07 bits per heavy atom. The molecule has 0 aliphatic carbocycles. The Hall–Kier alpha value is -0.550. The van der Waals surface area contributed by atoms with Gasteiger partial charge in [0.2, 0.25) is 5.82 Å². The van der Waals surface area contributed by atoms with E-state index in [1.54, 1.807) is 0 Å². The molecule has 0 amide bonds. The van der Waals surface area contributed by atoms with E-state index >= 15 is 0 Å². The smallest absolute Gasteiger partial charge is 0.200 e. The van der Waals surface area contributed by atoms with Crippen LogP contribution in [-0.4, -0.2) is 5.34 Å². The summed E-state index contributed by atoms with van der Waals surface area (Å²) in [5.74, 6) is -9.65. The second-order valence-corrected chi connectivity index (χ2v) is 2.69. The van der Waals surface area contributed by atoms with Crippen molar-refractivity contribution < 1.29 is 22.0 Å². The van der Waals surface area contributed by atoms with Crippen LogP contribution in [0.3, 0.4) is 0 Å². The molecule has 0 spiro atoms. The number of hydrogen-bond acceptors (Lipinski definition) is 0. The first-order valence-electron chi connectivity index (χ1n) is 3.06. The molecular weight excluding hydrogens is 250 g/mol. The molecule has 14 heavy (non-hydrogen) atoms. The molecular formula is C7H3Cl2F5. The van der Waals surface area contributed by atoms with Gasteiger partial charge in [-0.05, 0) is 0 Å². The molecule has 0 N–H and O–H groups in total. The third kappa shape index (κ3) is 3.31. The molecule has 0 radical (unpaired) electrons. The van der Waals surface area contributed by atoms with Crippen molar-refractivity contribution >= 4 is 23.2 Å². The Kier molecular flexibility index (Phi) is 5.79. The minimum absolute atomic E-state index is 0.0618. The average molecular weight is 253 g/mol. The lowest BCUT2D eigenvalue weighted by atomic mass is 10.3. The number of rotatable bonds is 0. The molecule has 0 nitrogen and oxygen atoms in total. The second-order valence-electron chi connectivity index (χ2n) is 1.88. The summed E-state index contributed by atoms with van der Waals surface area (Å²) in [6.45, 7) is 0. The van der Waals surface area contributed by atoms with Gasteiger partial charge in [-0.1, -0.05) is 0 Å². The molecule has 80 valence electrons. The van der Waals surface area contributed by atoms with E-state index in [2.05, 4.69) is 0 Å². The van der Waals surface area contributed by atoms with Crippen molar-refractivity contribution in [2.45, 2.75) is 0 Å². The van der Waals surface area contributed by atoms with Gasteiger partial charge in [0.25, 0.3) is 0 Å². The van der Waals surface area contributed by atoms with Crippen molar-refractivity contribution in [1.82, 2.24) is 0 Å². The van der Waals surface area contributed by atoms with Crippen LogP contribution >= 0.6 is 23.2 Å². The highest BCUT2D eigenvalue weighted by Crippen LogP contribution is 2.16. The number of halogens is 7. The number of hydrogen-bond donors (Lipinski definition) is 0. The first-order chi connectivity index (χ1) is 6.45. The van der Waals surface area contributed by atoms with Crippen molar-refractivity contribution in [1.29, 1.82) is 0 Å². The molecule has 0 bridgehead atoms. The highest BCUT2D eigenvalue weighted by Gasteiger charge is 2.18. The minimum Gasteiger partial charge on any atom is -0.204 e. The summed E-state index contributed by atoms with van der Waals surface area (Å²) in [5, 5.41) is 0.194. The third-order valence-electron chi connectivity index (χ3n) is 1.06. The third-order valence-corrected chi connectivity index (χ3v) is 1.06. The van der Waals surface area contributed by atoms with E-state index in [1.807, 2.05) is 0 Å². The van der Waals surface area contributed by atoms with Gasteiger partial charge in [0.05, 0.1) is 5.34 Å². The Bertz CT molecular complexity index is 289. The molecule has 7 heteroatoms. The predicted molar refractivity (Wildman–Crippen MR) is 42.8 cm³/mol. The second kappa shape index (κ2) is 6.03. The molecule has 0 fully saturated rings. The van der Waals surface area contributed by atoms with E-state index < -0.39 is 29.1 Å². The Morgan fingerprint density at radius 1 is 0.786 bits per heavy atom. The van der Waals surface area contributed by atoms with Crippen LogP contribution < -0.4 is 0 Å². The Labute approximate surface area is 86.2 Å². The standard InChI is InChI=1S/C6HF5.CH2Cl2/c7-2-1-3(8)5(10)6(11)4(2)9;2-1-3/h1H;1H2. The summed E-state index contributed by atoms with van der Waals surface area (Å²) in [4.78, 5) is 0. The lowest BCUT2D eigenvalue weighted by molar-refractivity contribution is 0.378. The summed E-state index contributed by atoms with van der Waals surface area (Å²) in [6.07, 6.45) is 0. The molecule has 0 saturated heterocycles. The van der Waals surface area contributed by atoms with Gasteiger partial charge in [0.15, 0.2) is 23.3 Å². The molecule has 0 unspecified atom stereocenters. The molecule has 0 aliphatic rings. The van der Waals surface area contributed by atoms with Crippen molar-refractivity contribution in [3.63, 3.8) is 0 Å². The topological polar surface area (TPSA) is 0 Å². The van der Waals surface area contributed by atoms with Crippen molar-refractivity contribution in [3.05, 3.63) is 35.2 Å². The fourth-order valence-corrected chi connectivity index (χ4v) is 0.544. The van der Waals surface area contributed by atoms with Crippen LogP contribution in [0.5, 0.6) is 0 Å².